The topological polar surface area (TPSA) is 60.4 Å². The summed E-state index contributed by atoms with van der Waals surface area (Å²) in [6.07, 6.45) is 1.56. The minimum Gasteiger partial charge on any atom is -0.285 e. The normalized spacial score (nSPS) is 10.4. The molecule has 0 fully saturated rings. The summed E-state index contributed by atoms with van der Waals surface area (Å²) in [5, 5.41) is 0. The van der Waals surface area contributed by atoms with Crippen LogP contribution in [0.4, 0.5) is 4.39 Å². The zero-order chi connectivity index (χ0) is 10.6. The number of hydrogen-bond donors (Lipinski definition) is 1. The Bertz CT molecular complexity index is 406. The van der Waals surface area contributed by atoms with Gasteiger partial charge in [-0.15, -0.1) is 0 Å². The van der Waals surface area contributed by atoms with E-state index in [1.165, 1.54) is 12.1 Å². The fourth-order valence-electron chi connectivity index (χ4n) is 0.871. The number of benzene rings is 1. The lowest BCUT2D eigenvalue weighted by Crippen LogP contribution is -1.96. The number of hydrogen-bond acceptors (Lipinski definition) is 4. The van der Waals surface area contributed by atoms with E-state index >= 15 is 0 Å². The van der Waals surface area contributed by atoms with Gasteiger partial charge in [0, 0.05) is 11.1 Å². The summed E-state index contributed by atoms with van der Waals surface area (Å²) in [6.45, 7) is -0.417. The molecule has 0 saturated carbocycles. The molecule has 0 heterocycles. The number of rotatable bonds is 4. The van der Waals surface area contributed by atoms with Crippen LogP contribution in [0, 0.1) is 5.82 Å². The molecule has 0 amide bonds. The van der Waals surface area contributed by atoms with Crippen molar-refractivity contribution in [1.29, 1.82) is 0 Å². The van der Waals surface area contributed by atoms with Gasteiger partial charge in [-0.3, -0.25) is 8.98 Å². The summed E-state index contributed by atoms with van der Waals surface area (Å²) >= 11 is 0. The molecule has 1 aromatic rings. The van der Waals surface area contributed by atoms with E-state index in [-0.39, 0.29) is 11.1 Å². The summed E-state index contributed by atoms with van der Waals surface area (Å²) < 4.78 is 37.2. The largest absolute Gasteiger partial charge is 0.285 e. The lowest BCUT2D eigenvalue weighted by atomic mass is 10.1. The highest BCUT2D eigenvalue weighted by atomic mass is 32.2. The molecule has 0 aliphatic heterocycles. The lowest BCUT2D eigenvalue weighted by Gasteiger charge is -2.00. The molecule has 0 aliphatic carbocycles. The highest BCUT2D eigenvalue weighted by Gasteiger charge is 2.04. The van der Waals surface area contributed by atoms with E-state index in [0.29, 0.717) is 0 Å². The zero-order valence-corrected chi connectivity index (χ0v) is 7.79. The predicted molar refractivity (Wildman–Crippen MR) is 46.3 cm³/mol. The molecule has 0 unspecified atom stereocenters. The van der Waals surface area contributed by atoms with Gasteiger partial charge in [-0.05, 0) is 18.2 Å². The van der Waals surface area contributed by atoms with Crippen molar-refractivity contribution in [3.05, 3.63) is 35.1 Å². The first kappa shape index (κ1) is 10.8. The van der Waals surface area contributed by atoms with Crippen molar-refractivity contribution in [2.24, 2.45) is 0 Å². The third kappa shape index (κ3) is 2.90. The van der Waals surface area contributed by atoms with Gasteiger partial charge in [-0.2, -0.15) is 0 Å². The van der Waals surface area contributed by atoms with E-state index in [1.807, 2.05) is 0 Å². The molecular formula is C8H6FO4S. The summed E-state index contributed by atoms with van der Waals surface area (Å²) in [5.41, 5.74) is 0.149. The smallest absolute Gasteiger partial charge is 0.257 e. The molecule has 0 bridgehead atoms. The second kappa shape index (κ2) is 4.83. The Kier molecular flexibility index (Phi) is 3.73. The van der Waals surface area contributed by atoms with E-state index in [2.05, 4.69) is 4.18 Å². The highest BCUT2D eigenvalue weighted by molar-refractivity contribution is 7.67. The zero-order valence-electron chi connectivity index (χ0n) is 6.90. The number of halogens is 1. The molecule has 0 saturated heterocycles. The molecule has 0 N–H and O–H groups in total. The van der Waals surface area contributed by atoms with Crippen LogP contribution in [0.15, 0.2) is 18.2 Å². The van der Waals surface area contributed by atoms with Crippen molar-refractivity contribution in [1.82, 2.24) is 0 Å². The Labute approximate surface area is 81.5 Å². The molecule has 4 nitrogen and oxygen atoms in total. The summed E-state index contributed by atoms with van der Waals surface area (Å²) in [5.74, 6) is -0.624. The maximum absolute atomic E-state index is 12.9. The van der Waals surface area contributed by atoms with Crippen molar-refractivity contribution in [3.63, 3.8) is 0 Å². The molecule has 0 spiro atoms. The van der Waals surface area contributed by atoms with Crippen LogP contribution < -0.4 is 0 Å². The van der Waals surface area contributed by atoms with Crippen molar-refractivity contribution in [2.75, 3.05) is 0 Å². The van der Waals surface area contributed by atoms with Gasteiger partial charge in [0.2, 0.25) is 6.29 Å². The van der Waals surface area contributed by atoms with Gasteiger partial charge in [0.25, 0.3) is 11.0 Å². The minimum atomic E-state index is -3.02. The van der Waals surface area contributed by atoms with Gasteiger partial charge >= 0.3 is 0 Å². The maximum atomic E-state index is 12.9. The van der Waals surface area contributed by atoms with Crippen LogP contribution in [0.2, 0.25) is 0 Å². The fourth-order valence-corrected chi connectivity index (χ4v) is 1.12. The van der Waals surface area contributed by atoms with Crippen molar-refractivity contribution in [2.45, 2.75) is 6.61 Å². The number of carbonyl (C=O) groups excluding carboxylic acids is 1. The first-order chi connectivity index (χ1) is 6.63. The molecule has 1 radical (unpaired) electrons. The summed E-state index contributed by atoms with van der Waals surface area (Å²) in [6, 6.07) is 3.47. The van der Waals surface area contributed by atoms with Crippen LogP contribution in [-0.4, -0.2) is 14.7 Å². The van der Waals surface area contributed by atoms with Crippen molar-refractivity contribution < 1.29 is 21.8 Å². The van der Waals surface area contributed by atoms with E-state index in [9.17, 15) is 17.6 Å². The minimum absolute atomic E-state index is 0.00468. The lowest BCUT2D eigenvalue weighted by molar-refractivity contribution is 0.316. The van der Waals surface area contributed by atoms with Crippen LogP contribution in [0.5, 0.6) is 0 Å². The molecule has 0 atom stereocenters. The molecule has 0 aromatic heterocycles. The Morgan fingerprint density at radius 2 is 2.14 bits per heavy atom. The monoisotopic (exact) mass is 217 g/mol. The summed E-state index contributed by atoms with van der Waals surface area (Å²) in [4.78, 5) is 10.2. The molecule has 1 rings (SSSR count). The molecule has 0 aliphatic rings. The first-order valence-electron chi connectivity index (χ1n) is 3.57. The third-order valence-corrected chi connectivity index (χ3v) is 1.83. The molecular weight excluding hydrogens is 211 g/mol. The van der Waals surface area contributed by atoms with E-state index in [0.717, 1.165) is 6.07 Å². The van der Waals surface area contributed by atoms with E-state index < -0.39 is 23.4 Å². The predicted octanol–water partition coefficient (Wildman–Crippen LogP) is 0.326. The van der Waals surface area contributed by atoms with Gasteiger partial charge in [-0.25, -0.2) is 12.8 Å². The Hall–Kier alpha value is -1.27. The van der Waals surface area contributed by atoms with E-state index in [4.69, 9.17) is 0 Å². The second-order valence-corrected chi connectivity index (χ2v) is 3.11. The van der Waals surface area contributed by atoms with Crippen LogP contribution >= 0.6 is 0 Å². The van der Waals surface area contributed by atoms with Gasteiger partial charge in [-0.1, -0.05) is 0 Å². The molecule has 75 valence electrons. The fraction of sp³-hybridized carbons (Fsp3) is 0.125. The van der Waals surface area contributed by atoms with Gasteiger partial charge in [0.05, 0.1) is 6.61 Å². The number of thiol groups is 1. The average molecular weight is 217 g/mol. The Morgan fingerprint density at radius 1 is 1.43 bits per heavy atom. The second-order valence-electron chi connectivity index (χ2n) is 2.41. The van der Waals surface area contributed by atoms with Crippen LogP contribution in [0.25, 0.3) is 0 Å². The maximum Gasteiger partial charge on any atom is 0.257 e. The van der Waals surface area contributed by atoms with Gasteiger partial charge < -0.3 is 0 Å². The SMILES string of the molecule is O=[C]c1ccc(F)c(CO[SH](=O)=O)c1. The van der Waals surface area contributed by atoms with E-state index in [1.54, 1.807) is 6.29 Å². The Morgan fingerprint density at radius 3 is 2.71 bits per heavy atom. The third-order valence-electron chi connectivity index (χ3n) is 1.49. The average Bonchev–Trinajstić information content (AvgIpc) is 2.16. The van der Waals surface area contributed by atoms with Crippen LogP contribution in [0.3, 0.4) is 0 Å². The quantitative estimate of drug-likeness (QED) is 0.738. The van der Waals surface area contributed by atoms with Gasteiger partial charge in [0.1, 0.15) is 5.82 Å². The molecule has 14 heavy (non-hydrogen) atoms. The van der Waals surface area contributed by atoms with Gasteiger partial charge in [0.15, 0.2) is 0 Å². The Balaban J connectivity index is 2.88. The standard InChI is InChI=1S/C8H6FO4S/c9-8-2-1-6(4-10)3-7(8)5-13-14(11)12/h1-3,14H,5H2. The van der Waals surface area contributed by atoms with Crippen molar-refractivity contribution >= 4 is 17.3 Å². The molecule has 1 aromatic carbocycles. The summed E-state index contributed by atoms with van der Waals surface area (Å²) in [7, 11) is -3.02. The van der Waals surface area contributed by atoms with Crippen molar-refractivity contribution in [3.8, 4) is 0 Å². The van der Waals surface area contributed by atoms with Crippen LogP contribution in [0.1, 0.15) is 11.1 Å². The first-order valence-corrected chi connectivity index (χ1v) is 4.67. The molecule has 6 heteroatoms. The highest BCUT2D eigenvalue weighted by Crippen LogP contribution is 2.10. The van der Waals surface area contributed by atoms with Crippen LogP contribution in [-0.2, 0) is 26.6 Å².